The maximum atomic E-state index is 13.8. The number of piperidine rings is 1. The summed E-state index contributed by atoms with van der Waals surface area (Å²) in [5, 5.41) is 0. The number of carbonyl (C=O) groups is 1. The van der Waals surface area contributed by atoms with Gasteiger partial charge in [-0.2, -0.15) is 4.31 Å². The van der Waals surface area contributed by atoms with E-state index in [4.69, 9.17) is 0 Å². The van der Waals surface area contributed by atoms with Crippen LogP contribution < -0.4 is 0 Å². The second-order valence-electron chi connectivity index (χ2n) is 6.32. The highest BCUT2D eigenvalue weighted by molar-refractivity contribution is 7.89. The summed E-state index contributed by atoms with van der Waals surface area (Å²) < 4.78 is 40.2. The summed E-state index contributed by atoms with van der Waals surface area (Å²) in [7, 11) is -2.06. The Morgan fingerprint density at radius 1 is 1.33 bits per heavy atom. The van der Waals surface area contributed by atoms with Crippen LogP contribution in [-0.4, -0.2) is 49.7 Å². The molecule has 1 aromatic rings. The van der Waals surface area contributed by atoms with E-state index in [-0.39, 0.29) is 35.9 Å². The van der Waals surface area contributed by atoms with Crippen LogP contribution in [0.4, 0.5) is 4.39 Å². The molecule has 0 radical (unpaired) electrons. The molecule has 0 bridgehead atoms. The molecule has 1 amide bonds. The number of hydrogen-bond donors (Lipinski definition) is 0. The van der Waals surface area contributed by atoms with E-state index in [1.807, 2.05) is 13.8 Å². The summed E-state index contributed by atoms with van der Waals surface area (Å²) in [5.41, 5.74) is 0. The van der Waals surface area contributed by atoms with Gasteiger partial charge >= 0.3 is 0 Å². The summed E-state index contributed by atoms with van der Waals surface area (Å²) >= 11 is 0. The SMILES string of the molecule is CCC(C)N(C)C(=O)C1CCN(S(=O)(=O)c2ccccc2F)CC1. The number of sulfonamides is 1. The fourth-order valence-electron chi connectivity index (χ4n) is 2.92. The van der Waals surface area contributed by atoms with Crippen molar-refractivity contribution in [2.45, 2.75) is 44.0 Å². The highest BCUT2D eigenvalue weighted by atomic mass is 32.2. The minimum Gasteiger partial charge on any atom is -0.343 e. The van der Waals surface area contributed by atoms with Crippen molar-refractivity contribution in [3.63, 3.8) is 0 Å². The van der Waals surface area contributed by atoms with E-state index >= 15 is 0 Å². The topological polar surface area (TPSA) is 57.7 Å². The zero-order valence-corrected chi connectivity index (χ0v) is 15.2. The third-order valence-electron chi connectivity index (χ3n) is 4.86. The van der Waals surface area contributed by atoms with E-state index in [1.54, 1.807) is 11.9 Å². The van der Waals surface area contributed by atoms with Gasteiger partial charge in [-0.15, -0.1) is 0 Å². The predicted molar refractivity (Wildman–Crippen MR) is 90.4 cm³/mol. The second kappa shape index (κ2) is 7.61. The molecule has 1 aliphatic rings. The van der Waals surface area contributed by atoms with Crippen molar-refractivity contribution in [1.82, 2.24) is 9.21 Å². The standard InChI is InChI=1S/C17H25FN2O3S/c1-4-13(2)19(3)17(21)14-9-11-20(12-10-14)24(22,23)16-8-6-5-7-15(16)18/h5-8,13-14H,4,9-12H2,1-3H3. The lowest BCUT2D eigenvalue weighted by Gasteiger charge is -2.34. The minimum atomic E-state index is -3.85. The zero-order valence-electron chi connectivity index (χ0n) is 14.4. The van der Waals surface area contributed by atoms with E-state index in [0.29, 0.717) is 12.8 Å². The third-order valence-corrected chi connectivity index (χ3v) is 6.79. The molecule has 0 aliphatic carbocycles. The van der Waals surface area contributed by atoms with Crippen LogP contribution in [0.25, 0.3) is 0 Å². The first-order valence-corrected chi connectivity index (χ1v) is 9.74. The molecule has 1 unspecified atom stereocenters. The van der Waals surface area contributed by atoms with Crippen LogP contribution in [0.2, 0.25) is 0 Å². The van der Waals surface area contributed by atoms with Gasteiger partial charge in [0, 0.05) is 32.1 Å². The highest BCUT2D eigenvalue weighted by Gasteiger charge is 2.34. The number of nitrogens with zero attached hydrogens (tertiary/aromatic N) is 2. The largest absolute Gasteiger partial charge is 0.343 e. The summed E-state index contributed by atoms with van der Waals surface area (Å²) in [6.45, 7) is 4.50. The van der Waals surface area contributed by atoms with Crippen LogP contribution in [0.15, 0.2) is 29.2 Å². The number of carbonyl (C=O) groups excluding carboxylic acids is 1. The van der Waals surface area contributed by atoms with Crippen LogP contribution in [0.5, 0.6) is 0 Å². The summed E-state index contributed by atoms with van der Waals surface area (Å²) in [4.78, 5) is 13.9. The second-order valence-corrected chi connectivity index (χ2v) is 8.22. The van der Waals surface area contributed by atoms with Crippen molar-refractivity contribution >= 4 is 15.9 Å². The summed E-state index contributed by atoms with van der Waals surface area (Å²) in [6.07, 6.45) is 1.81. The third kappa shape index (κ3) is 3.78. The molecule has 0 saturated carbocycles. The predicted octanol–water partition coefficient (Wildman–Crippen LogP) is 2.48. The molecule has 1 heterocycles. The first-order chi connectivity index (χ1) is 11.3. The van der Waals surface area contributed by atoms with Crippen molar-refractivity contribution in [3.8, 4) is 0 Å². The zero-order chi connectivity index (χ0) is 17.9. The molecule has 1 atom stereocenters. The first kappa shape index (κ1) is 18.9. The molecule has 1 aliphatic heterocycles. The fourth-order valence-corrected chi connectivity index (χ4v) is 4.45. The fraction of sp³-hybridized carbons (Fsp3) is 0.588. The molecule has 2 rings (SSSR count). The van der Waals surface area contributed by atoms with E-state index in [9.17, 15) is 17.6 Å². The average molecular weight is 356 g/mol. The van der Waals surface area contributed by atoms with Gasteiger partial charge in [-0.05, 0) is 38.3 Å². The van der Waals surface area contributed by atoms with Gasteiger partial charge in [0.1, 0.15) is 10.7 Å². The van der Waals surface area contributed by atoms with E-state index < -0.39 is 15.8 Å². The Bertz CT molecular complexity index is 685. The average Bonchev–Trinajstić information content (AvgIpc) is 2.60. The van der Waals surface area contributed by atoms with Gasteiger partial charge in [0.2, 0.25) is 15.9 Å². The lowest BCUT2D eigenvalue weighted by atomic mass is 9.96. The van der Waals surface area contributed by atoms with Crippen LogP contribution in [0.1, 0.15) is 33.1 Å². The molecule has 0 aromatic heterocycles. The van der Waals surface area contributed by atoms with Gasteiger partial charge in [-0.3, -0.25) is 4.79 Å². The molecule has 1 fully saturated rings. The molecule has 1 saturated heterocycles. The number of halogens is 1. The molecule has 5 nitrogen and oxygen atoms in total. The molecular weight excluding hydrogens is 331 g/mol. The van der Waals surface area contributed by atoms with Gasteiger partial charge in [-0.1, -0.05) is 19.1 Å². The summed E-state index contributed by atoms with van der Waals surface area (Å²) in [5.74, 6) is -0.851. The summed E-state index contributed by atoms with van der Waals surface area (Å²) in [6, 6.07) is 5.55. The quantitative estimate of drug-likeness (QED) is 0.814. The van der Waals surface area contributed by atoms with Crippen molar-refractivity contribution in [2.75, 3.05) is 20.1 Å². The Morgan fingerprint density at radius 2 is 1.92 bits per heavy atom. The maximum absolute atomic E-state index is 13.8. The Morgan fingerprint density at radius 3 is 2.46 bits per heavy atom. The monoisotopic (exact) mass is 356 g/mol. The molecular formula is C17H25FN2O3S. The van der Waals surface area contributed by atoms with Gasteiger partial charge in [0.15, 0.2) is 0 Å². The van der Waals surface area contributed by atoms with E-state index in [1.165, 1.54) is 22.5 Å². The number of rotatable bonds is 5. The van der Waals surface area contributed by atoms with Crippen molar-refractivity contribution < 1.29 is 17.6 Å². The molecule has 134 valence electrons. The lowest BCUT2D eigenvalue weighted by Crippen LogP contribution is -2.45. The number of benzene rings is 1. The van der Waals surface area contributed by atoms with E-state index in [2.05, 4.69) is 0 Å². The lowest BCUT2D eigenvalue weighted by molar-refractivity contribution is -0.137. The molecule has 1 aromatic carbocycles. The Labute approximate surface area is 143 Å². The van der Waals surface area contributed by atoms with Crippen LogP contribution >= 0.6 is 0 Å². The number of hydrogen-bond acceptors (Lipinski definition) is 3. The number of amides is 1. The maximum Gasteiger partial charge on any atom is 0.245 e. The van der Waals surface area contributed by atoms with Crippen LogP contribution in [0.3, 0.4) is 0 Å². The molecule has 7 heteroatoms. The minimum absolute atomic E-state index is 0.0623. The molecule has 0 N–H and O–H groups in total. The van der Waals surface area contributed by atoms with Crippen LogP contribution in [0, 0.1) is 11.7 Å². The van der Waals surface area contributed by atoms with Crippen molar-refractivity contribution in [3.05, 3.63) is 30.1 Å². The normalized spacial score (nSPS) is 18.3. The van der Waals surface area contributed by atoms with Crippen molar-refractivity contribution in [1.29, 1.82) is 0 Å². The molecule has 0 spiro atoms. The van der Waals surface area contributed by atoms with E-state index in [0.717, 1.165) is 12.5 Å². The van der Waals surface area contributed by atoms with Gasteiger partial charge in [0.25, 0.3) is 0 Å². The highest BCUT2D eigenvalue weighted by Crippen LogP contribution is 2.26. The molecule has 24 heavy (non-hydrogen) atoms. The van der Waals surface area contributed by atoms with Gasteiger partial charge < -0.3 is 4.90 Å². The van der Waals surface area contributed by atoms with Gasteiger partial charge in [0.05, 0.1) is 0 Å². The van der Waals surface area contributed by atoms with Crippen molar-refractivity contribution in [2.24, 2.45) is 5.92 Å². The Hall–Kier alpha value is -1.47. The van der Waals surface area contributed by atoms with Crippen LogP contribution in [-0.2, 0) is 14.8 Å². The van der Waals surface area contributed by atoms with Gasteiger partial charge in [-0.25, -0.2) is 12.8 Å². The smallest absolute Gasteiger partial charge is 0.245 e. The first-order valence-electron chi connectivity index (χ1n) is 8.30. The Kier molecular flexibility index (Phi) is 5.98. The Balaban J connectivity index is 2.05.